The predicted octanol–water partition coefficient (Wildman–Crippen LogP) is 6.30. The lowest BCUT2D eigenvalue weighted by Crippen LogP contribution is -1.98. The molecular weight excluding hydrogens is 428 g/mol. The van der Waals surface area contributed by atoms with Gasteiger partial charge in [-0.1, -0.05) is 51.8 Å². The van der Waals surface area contributed by atoms with Crippen LogP contribution in [-0.4, -0.2) is 5.78 Å². The Morgan fingerprint density at radius 1 is 1.04 bits per heavy atom. The summed E-state index contributed by atoms with van der Waals surface area (Å²) in [6.45, 7) is 0.407. The highest BCUT2D eigenvalue weighted by atomic mass is 79.9. The van der Waals surface area contributed by atoms with Gasteiger partial charge in [-0.3, -0.25) is 4.79 Å². The van der Waals surface area contributed by atoms with Gasteiger partial charge in [-0.15, -0.1) is 0 Å². The molecule has 0 spiro atoms. The monoisotopic (exact) mass is 440 g/mol. The van der Waals surface area contributed by atoms with Gasteiger partial charge in [0.2, 0.25) is 5.78 Å². The number of benzene rings is 3. The molecule has 0 bridgehead atoms. The van der Waals surface area contributed by atoms with E-state index in [9.17, 15) is 4.79 Å². The Morgan fingerprint density at radius 2 is 1.85 bits per heavy atom. The molecule has 0 atom stereocenters. The molecule has 0 unspecified atom stereocenters. The van der Waals surface area contributed by atoms with Crippen molar-refractivity contribution in [3.63, 3.8) is 0 Å². The number of allylic oxidation sites excluding steroid dienone is 1. The largest absolute Gasteiger partial charge is 0.489 e. The van der Waals surface area contributed by atoms with Crippen LogP contribution >= 0.6 is 27.5 Å². The van der Waals surface area contributed by atoms with Gasteiger partial charge in [0.05, 0.1) is 5.56 Å². The van der Waals surface area contributed by atoms with E-state index in [0.717, 1.165) is 15.6 Å². The fourth-order valence-electron chi connectivity index (χ4n) is 2.75. The van der Waals surface area contributed by atoms with Crippen molar-refractivity contribution in [3.8, 4) is 11.5 Å². The van der Waals surface area contributed by atoms with E-state index in [2.05, 4.69) is 15.9 Å². The lowest BCUT2D eigenvalue weighted by molar-refractivity contribution is 0.101. The highest BCUT2D eigenvalue weighted by Crippen LogP contribution is 2.35. The first-order chi connectivity index (χ1) is 13.1. The summed E-state index contributed by atoms with van der Waals surface area (Å²) in [5.41, 5.74) is 2.43. The van der Waals surface area contributed by atoms with Crippen LogP contribution in [0.4, 0.5) is 0 Å². The van der Waals surface area contributed by atoms with Crippen LogP contribution in [0.5, 0.6) is 11.5 Å². The summed E-state index contributed by atoms with van der Waals surface area (Å²) in [5, 5.41) is 0.688. The smallest absolute Gasteiger partial charge is 0.231 e. The van der Waals surface area contributed by atoms with Gasteiger partial charge in [-0.2, -0.15) is 0 Å². The Hall–Kier alpha value is -2.56. The first-order valence-electron chi connectivity index (χ1n) is 8.29. The number of ether oxygens (including phenoxy) is 2. The van der Waals surface area contributed by atoms with Crippen molar-refractivity contribution < 1.29 is 14.3 Å². The van der Waals surface area contributed by atoms with Gasteiger partial charge in [-0.05, 0) is 53.6 Å². The molecule has 3 aromatic rings. The molecule has 5 heteroatoms. The number of rotatable bonds is 4. The molecule has 1 aliphatic rings. The minimum atomic E-state index is -0.130. The first-order valence-corrected chi connectivity index (χ1v) is 9.47. The van der Waals surface area contributed by atoms with Gasteiger partial charge < -0.3 is 9.47 Å². The predicted molar refractivity (Wildman–Crippen MR) is 109 cm³/mol. The number of halogens is 2. The molecule has 0 fully saturated rings. The van der Waals surface area contributed by atoms with Crippen LogP contribution in [0.25, 0.3) is 6.08 Å². The Labute approximate surface area is 170 Å². The van der Waals surface area contributed by atoms with Crippen LogP contribution in [0.1, 0.15) is 21.5 Å². The minimum Gasteiger partial charge on any atom is -0.489 e. The van der Waals surface area contributed by atoms with Crippen molar-refractivity contribution in [2.24, 2.45) is 0 Å². The van der Waals surface area contributed by atoms with Crippen LogP contribution in [0.2, 0.25) is 5.02 Å². The summed E-state index contributed by atoms with van der Waals surface area (Å²) in [7, 11) is 0. The van der Waals surface area contributed by atoms with E-state index in [1.807, 2.05) is 48.5 Å². The highest BCUT2D eigenvalue weighted by Gasteiger charge is 2.27. The second kappa shape index (κ2) is 7.59. The minimum absolute atomic E-state index is 0.130. The molecule has 1 heterocycles. The Morgan fingerprint density at radius 3 is 2.63 bits per heavy atom. The average molecular weight is 442 g/mol. The molecule has 3 aromatic carbocycles. The first kappa shape index (κ1) is 17.8. The van der Waals surface area contributed by atoms with Gasteiger partial charge in [0, 0.05) is 15.6 Å². The van der Waals surface area contributed by atoms with E-state index in [1.165, 1.54) is 0 Å². The number of hydrogen-bond donors (Lipinski definition) is 0. The molecule has 0 aliphatic carbocycles. The summed E-state index contributed by atoms with van der Waals surface area (Å²) in [6, 6.07) is 20.4. The Bertz CT molecular complexity index is 1040. The van der Waals surface area contributed by atoms with E-state index in [1.54, 1.807) is 24.3 Å². The average Bonchev–Trinajstić information content (AvgIpc) is 2.96. The van der Waals surface area contributed by atoms with Gasteiger partial charge >= 0.3 is 0 Å². The van der Waals surface area contributed by atoms with Gasteiger partial charge in [0.25, 0.3) is 0 Å². The van der Waals surface area contributed by atoms with Crippen LogP contribution in [0.3, 0.4) is 0 Å². The van der Waals surface area contributed by atoms with E-state index >= 15 is 0 Å². The summed E-state index contributed by atoms with van der Waals surface area (Å²) in [5.74, 6) is 1.32. The van der Waals surface area contributed by atoms with Crippen molar-refractivity contribution in [3.05, 3.63) is 98.7 Å². The molecule has 27 heavy (non-hydrogen) atoms. The van der Waals surface area contributed by atoms with Gasteiger partial charge in [0.15, 0.2) is 5.76 Å². The molecule has 3 nitrogen and oxygen atoms in total. The number of ketones is 1. The molecule has 4 rings (SSSR count). The SMILES string of the molecule is O=C1/C(=C/c2cccc(Br)c2)Oc2cc(OCc3ccc(Cl)cc3)ccc21. The highest BCUT2D eigenvalue weighted by molar-refractivity contribution is 9.10. The van der Waals surface area contributed by atoms with Crippen LogP contribution in [0.15, 0.2) is 77.0 Å². The summed E-state index contributed by atoms with van der Waals surface area (Å²) in [6.07, 6.45) is 1.74. The second-order valence-corrected chi connectivity index (χ2v) is 7.42. The third kappa shape index (κ3) is 4.07. The maximum atomic E-state index is 12.6. The maximum absolute atomic E-state index is 12.6. The quantitative estimate of drug-likeness (QED) is 0.446. The Kier molecular flexibility index (Phi) is 5.01. The maximum Gasteiger partial charge on any atom is 0.231 e. The van der Waals surface area contributed by atoms with Crippen molar-refractivity contribution in [1.29, 1.82) is 0 Å². The molecule has 0 radical (unpaired) electrons. The third-order valence-corrected chi connectivity index (χ3v) is 4.85. The molecule has 0 amide bonds. The topological polar surface area (TPSA) is 35.5 Å². The van der Waals surface area contributed by atoms with Crippen molar-refractivity contribution >= 4 is 39.4 Å². The van der Waals surface area contributed by atoms with Crippen LogP contribution < -0.4 is 9.47 Å². The number of carbonyl (C=O) groups is 1. The summed E-state index contributed by atoms with van der Waals surface area (Å²) >= 11 is 9.32. The van der Waals surface area contributed by atoms with E-state index in [-0.39, 0.29) is 5.78 Å². The molecule has 1 aliphatic heterocycles. The van der Waals surface area contributed by atoms with Crippen molar-refractivity contribution in [2.45, 2.75) is 6.61 Å². The van der Waals surface area contributed by atoms with E-state index < -0.39 is 0 Å². The van der Waals surface area contributed by atoms with Crippen LogP contribution in [0, 0.1) is 0 Å². The number of hydrogen-bond acceptors (Lipinski definition) is 3. The Balaban J connectivity index is 1.51. The molecule has 0 N–H and O–H groups in total. The third-order valence-electron chi connectivity index (χ3n) is 4.11. The summed E-state index contributed by atoms with van der Waals surface area (Å²) in [4.78, 5) is 12.6. The standard InChI is InChI=1S/C22H14BrClO3/c23-16-3-1-2-15(10-16)11-21-22(25)19-9-8-18(12-20(19)27-21)26-13-14-4-6-17(24)7-5-14/h1-12H,13H2/b21-11-. The molecule has 0 saturated heterocycles. The van der Waals surface area contributed by atoms with E-state index in [0.29, 0.717) is 34.5 Å². The lowest BCUT2D eigenvalue weighted by Gasteiger charge is -2.07. The molecule has 134 valence electrons. The second-order valence-electron chi connectivity index (χ2n) is 6.07. The zero-order valence-electron chi connectivity index (χ0n) is 14.1. The number of carbonyl (C=O) groups excluding carboxylic acids is 1. The fraction of sp³-hybridized carbons (Fsp3) is 0.0455. The molecular formula is C22H14BrClO3. The fourth-order valence-corrected chi connectivity index (χ4v) is 3.30. The normalized spacial score (nSPS) is 14.1. The van der Waals surface area contributed by atoms with Crippen LogP contribution in [-0.2, 0) is 6.61 Å². The van der Waals surface area contributed by atoms with Crippen molar-refractivity contribution in [1.82, 2.24) is 0 Å². The van der Waals surface area contributed by atoms with Crippen molar-refractivity contribution in [2.75, 3.05) is 0 Å². The molecule has 0 saturated carbocycles. The zero-order chi connectivity index (χ0) is 18.8. The zero-order valence-corrected chi connectivity index (χ0v) is 16.5. The molecule has 0 aromatic heterocycles. The lowest BCUT2D eigenvalue weighted by atomic mass is 10.1. The van der Waals surface area contributed by atoms with E-state index in [4.69, 9.17) is 21.1 Å². The van der Waals surface area contributed by atoms with Gasteiger partial charge in [-0.25, -0.2) is 0 Å². The van der Waals surface area contributed by atoms with Gasteiger partial charge in [0.1, 0.15) is 18.1 Å². The summed E-state index contributed by atoms with van der Waals surface area (Å²) < 4.78 is 12.5. The number of Topliss-reactive ketones (excluding diaryl/α,β-unsaturated/α-hetero) is 1. The number of fused-ring (bicyclic) bond motifs is 1.